The minimum absolute atomic E-state index is 0.0485. The van der Waals surface area contributed by atoms with E-state index in [0.717, 1.165) is 12.5 Å². The third-order valence-electron chi connectivity index (χ3n) is 6.60. The van der Waals surface area contributed by atoms with Crippen molar-refractivity contribution in [3.63, 3.8) is 0 Å². The van der Waals surface area contributed by atoms with Gasteiger partial charge in [0.1, 0.15) is 12.7 Å². The number of amides is 1. The van der Waals surface area contributed by atoms with Gasteiger partial charge >= 0.3 is 23.9 Å². The second-order valence-corrected chi connectivity index (χ2v) is 9.52. The van der Waals surface area contributed by atoms with Gasteiger partial charge in [0.25, 0.3) is 5.91 Å². The molecule has 1 saturated heterocycles. The van der Waals surface area contributed by atoms with Crippen molar-refractivity contribution in [2.75, 3.05) is 13.7 Å². The summed E-state index contributed by atoms with van der Waals surface area (Å²) < 4.78 is 21.4. The van der Waals surface area contributed by atoms with Crippen LogP contribution in [0.15, 0.2) is 42.6 Å². The monoisotopic (exact) mass is 556 g/mol. The molecule has 2 aromatic rings. The van der Waals surface area contributed by atoms with E-state index in [-0.39, 0.29) is 30.0 Å². The first-order valence-electron chi connectivity index (χ1n) is 12.7. The number of aromatic nitrogens is 1. The van der Waals surface area contributed by atoms with Crippen molar-refractivity contribution >= 4 is 29.8 Å². The van der Waals surface area contributed by atoms with Crippen LogP contribution in [0.1, 0.15) is 43.2 Å². The highest BCUT2D eigenvalue weighted by atomic mass is 16.6. The molecule has 1 amide bonds. The van der Waals surface area contributed by atoms with Crippen molar-refractivity contribution in [1.29, 1.82) is 0 Å². The van der Waals surface area contributed by atoms with Crippen LogP contribution in [0.25, 0.3) is 0 Å². The van der Waals surface area contributed by atoms with Gasteiger partial charge in [-0.1, -0.05) is 37.3 Å². The fourth-order valence-electron chi connectivity index (χ4n) is 4.49. The van der Waals surface area contributed by atoms with Crippen molar-refractivity contribution in [3.8, 4) is 11.5 Å². The van der Waals surface area contributed by atoms with Gasteiger partial charge in [0.15, 0.2) is 17.5 Å². The number of carboxylic acid groups (broad SMARTS) is 1. The van der Waals surface area contributed by atoms with E-state index in [1.54, 1.807) is 6.92 Å². The topological polar surface area (TPSA) is 167 Å². The average molecular weight is 557 g/mol. The zero-order valence-corrected chi connectivity index (χ0v) is 22.6. The number of benzene rings is 1. The van der Waals surface area contributed by atoms with Crippen LogP contribution in [0.2, 0.25) is 0 Å². The molecular weight excluding hydrogens is 524 g/mol. The Morgan fingerprint density at radius 2 is 1.85 bits per heavy atom. The lowest BCUT2D eigenvalue weighted by molar-refractivity contribution is -0.155. The highest BCUT2D eigenvalue weighted by molar-refractivity contribution is 5.98. The number of hydrogen-bond donors (Lipinski definition) is 2. The Morgan fingerprint density at radius 3 is 2.48 bits per heavy atom. The molecule has 12 heteroatoms. The van der Waals surface area contributed by atoms with E-state index in [0.29, 0.717) is 0 Å². The van der Waals surface area contributed by atoms with Gasteiger partial charge in [0, 0.05) is 25.1 Å². The highest BCUT2D eigenvalue weighted by Crippen LogP contribution is 2.32. The van der Waals surface area contributed by atoms with E-state index in [2.05, 4.69) is 10.3 Å². The van der Waals surface area contributed by atoms with E-state index < -0.39 is 66.3 Å². The second-order valence-electron chi connectivity index (χ2n) is 9.52. The van der Waals surface area contributed by atoms with Gasteiger partial charge in [-0.15, -0.1) is 0 Å². The van der Waals surface area contributed by atoms with Gasteiger partial charge in [0.2, 0.25) is 5.75 Å². The molecule has 1 fully saturated rings. The number of cyclic esters (lactones) is 2. The summed E-state index contributed by atoms with van der Waals surface area (Å²) in [7, 11) is 1.31. The number of carbonyl (C=O) groups is 5. The van der Waals surface area contributed by atoms with Crippen LogP contribution in [-0.2, 0) is 35.1 Å². The van der Waals surface area contributed by atoms with E-state index in [1.807, 2.05) is 30.3 Å². The number of hydrogen-bond acceptors (Lipinski definition) is 10. The molecule has 2 heterocycles. The van der Waals surface area contributed by atoms with Crippen LogP contribution in [0.4, 0.5) is 0 Å². The Hall–Kier alpha value is -4.48. The second kappa shape index (κ2) is 13.5. The summed E-state index contributed by atoms with van der Waals surface area (Å²) >= 11 is 0. The van der Waals surface area contributed by atoms with Crippen LogP contribution in [0.5, 0.6) is 11.5 Å². The number of rotatable bonds is 9. The minimum atomic E-state index is -1.43. The number of nitrogens with one attached hydrogen (secondary N) is 1. The van der Waals surface area contributed by atoms with Crippen LogP contribution in [-0.4, -0.2) is 65.7 Å². The van der Waals surface area contributed by atoms with Gasteiger partial charge < -0.3 is 29.4 Å². The molecule has 0 aliphatic carbocycles. The standard InChI is InChI=1S/C28H32N2O10/c1-15(26(33)34)12-19-16(2)39-28(36)21(14-38-27(35)20(19)13-18-8-6-5-7-9-18)30-25(32)23-24(40-17(3)31)22(37-4)10-11-29-23/h5-11,15-16,19-21H,12-14H2,1-4H3,(H,30,32)(H,33,34)/t15?,16-,19-,20+,21-/m0/s1. The molecular formula is C28H32N2O10. The van der Waals surface area contributed by atoms with Crippen molar-refractivity contribution in [1.82, 2.24) is 10.3 Å². The molecule has 40 heavy (non-hydrogen) atoms. The zero-order chi connectivity index (χ0) is 29.4. The van der Waals surface area contributed by atoms with Gasteiger partial charge in [0.05, 0.1) is 18.9 Å². The normalized spacial score (nSPS) is 21.9. The van der Waals surface area contributed by atoms with E-state index >= 15 is 0 Å². The molecule has 1 unspecified atom stereocenters. The number of methoxy groups -OCH3 is 1. The largest absolute Gasteiger partial charge is 0.493 e. The van der Waals surface area contributed by atoms with Gasteiger partial charge in [-0.05, 0) is 25.3 Å². The molecule has 214 valence electrons. The summed E-state index contributed by atoms with van der Waals surface area (Å²) in [4.78, 5) is 66.8. The van der Waals surface area contributed by atoms with Crippen molar-refractivity contribution in [2.45, 2.75) is 45.8 Å². The summed E-state index contributed by atoms with van der Waals surface area (Å²) in [5, 5.41) is 12.0. The summed E-state index contributed by atoms with van der Waals surface area (Å²) in [6, 6.07) is 9.09. The molecule has 3 rings (SSSR count). The predicted octanol–water partition coefficient (Wildman–Crippen LogP) is 2.19. The lowest BCUT2D eigenvalue weighted by atomic mass is 9.78. The van der Waals surface area contributed by atoms with Crippen LogP contribution in [0.3, 0.4) is 0 Å². The minimum Gasteiger partial charge on any atom is -0.493 e. The van der Waals surface area contributed by atoms with Crippen LogP contribution >= 0.6 is 0 Å². The van der Waals surface area contributed by atoms with Gasteiger partial charge in [-0.25, -0.2) is 9.78 Å². The Balaban J connectivity index is 1.90. The Bertz CT molecular complexity index is 1250. The number of carboxylic acids is 1. The third-order valence-corrected chi connectivity index (χ3v) is 6.60. The number of aliphatic carboxylic acids is 1. The van der Waals surface area contributed by atoms with Crippen LogP contribution in [0, 0.1) is 17.8 Å². The molecule has 0 bridgehead atoms. The van der Waals surface area contributed by atoms with Gasteiger partial charge in [-0.2, -0.15) is 0 Å². The third kappa shape index (κ3) is 7.55. The first-order chi connectivity index (χ1) is 19.0. The Kier molecular flexibility index (Phi) is 10.2. The number of carbonyl (C=O) groups excluding carboxylic acids is 4. The lowest BCUT2D eigenvalue weighted by Crippen LogP contribution is -2.46. The first-order valence-corrected chi connectivity index (χ1v) is 12.7. The fraction of sp³-hybridized carbons (Fsp3) is 0.429. The molecule has 12 nitrogen and oxygen atoms in total. The fourth-order valence-corrected chi connectivity index (χ4v) is 4.49. The number of esters is 3. The SMILES string of the molecule is COc1ccnc(C(=O)N[C@H]2COC(=O)[C@H](Cc3ccccc3)[C@@H](CC(C)C(=O)O)[C@H](C)OC2=O)c1OC(C)=O. The smallest absolute Gasteiger partial charge is 0.332 e. The number of nitrogens with zero attached hydrogens (tertiary/aromatic N) is 1. The first kappa shape index (κ1) is 30.1. The predicted molar refractivity (Wildman–Crippen MR) is 138 cm³/mol. The molecule has 0 saturated carbocycles. The Morgan fingerprint density at radius 1 is 1.15 bits per heavy atom. The molecule has 1 aromatic heterocycles. The summed E-state index contributed by atoms with van der Waals surface area (Å²) in [6.07, 6.45) is 0.647. The summed E-state index contributed by atoms with van der Waals surface area (Å²) in [5.41, 5.74) is 0.485. The maximum absolute atomic E-state index is 13.4. The molecule has 2 N–H and O–H groups in total. The van der Waals surface area contributed by atoms with Crippen molar-refractivity contribution < 1.29 is 48.0 Å². The van der Waals surface area contributed by atoms with E-state index in [9.17, 15) is 29.1 Å². The summed E-state index contributed by atoms with van der Waals surface area (Å²) in [6.45, 7) is 3.68. The number of ether oxygens (including phenoxy) is 4. The summed E-state index contributed by atoms with van der Waals surface area (Å²) in [5.74, 6) is -6.75. The molecule has 1 aliphatic heterocycles. The van der Waals surface area contributed by atoms with E-state index in [4.69, 9.17) is 18.9 Å². The maximum atomic E-state index is 13.4. The van der Waals surface area contributed by atoms with E-state index in [1.165, 1.54) is 26.3 Å². The lowest BCUT2D eigenvalue weighted by Gasteiger charge is -2.30. The molecule has 0 spiro atoms. The molecule has 5 atom stereocenters. The zero-order valence-electron chi connectivity index (χ0n) is 22.6. The maximum Gasteiger partial charge on any atom is 0.332 e. The number of pyridine rings is 1. The highest BCUT2D eigenvalue weighted by Gasteiger charge is 2.41. The van der Waals surface area contributed by atoms with Crippen molar-refractivity contribution in [2.24, 2.45) is 17.8 Å². The molecule has 1 aromatic carbocycles. The van der Waals surface area contributed by atoms with Gasteiger partial charge in [-0.3, -0.25) is 19.2 Å². The van der Waals surface area contributed by atoms with Crippen molar-refractivity contribution in [3.05, 3.63) is 53.9 Å². The average Bonchev–Trinajstić information content (AvgIpc) is 2.95. The molecule has 0 radical (unpaired) electrons. The Labute approximate surface area is 231 Å². The molecule has 1 aliphatic rings. The quantitative estimate of drug-likeness (QED) is 0.435. The van der Waals surface area contributed by atoms with Crippen LogP contribution < -0.4 is 14.8 Å².